The minimum Gasteiger partial charge on any atom is -0.496 e. The molecule has 0 bridgehead atoms. The molecule has 6 heteroatoms. The van der Waals surface area contributed by atoms with E-state index in [0.717, 1.165) is 28.0 Å². The molecule has 0 aliphatic heterocycles. The Balaban J connectivity index is 2.50. The number of rotatable bonds is 2. The largest absolute Gasteiger partial charge is 0.496 e. The SMILES string of the molecule is COc1ccc(C)c(-c2c(N)c(C#N)nc3cn(C)nc23)c1C. The summed E-state index contributed by atoms with van der Waals surface area (Å²) >= 11 is 0. The first-order valence-electron chi connectivity index (χ1n) is 7.15. The molecular weight excluding hydrogens is 290 g/mol. The van der Waals surface area contributed by atoms with Crippen LogP contribution in [0.25, 0.3) is 22.2 Å². The summed E-state index contributed by atoms with van der Waals surface area (Å²) in [5, 5.41) is 13.8. The van der Waals surface area contributed by atoms with Gasteiger partial charge < -0.3 is 10.5 Å². The van der Waals surface area contributed by atoms with E-state index in [2.05, 4.69) is 16.2 Å². The first kappa shape index (κ1) is 14.9. The van der Waals surface area contributed by atoms with Gasteiger partial charge in [0.25, 0.3) is 0 Å². The Morgan fingerprint density at radius 1 is 1.26 bits per heavy atom. The molecule has 0 radical (unpaired) electrons. The molecule has 2 N–H and O–H groups in total. The van der Waals surface area contributed by atoms with E-state index in [1.807, 2.05) is 33.0 Å². The summed E-state index contributed by atoms with van der Waals surface area (Å²) in [4.78, 5) is 4.30. The second-order valence-electron chi connectivity index (χ2n) is 5.48. The topological polar surface area (TPSA) is 89.8 Å². The van der Waals surface area contributed by atoms with Gasteiger partial charge in [-0.1, -0.05) is 6.07 Å². The Kier molecular flexibility index (Phi) is 3.41. The van der Waals surface area contributed by atoms with E-state index in [-0.39, 0.29) is 5.69 Å². The number of hydrogen-bond acceptors (Lipinski definition) is 5. The fourth-order valence-electron chi connectivity index (χ4n) is 2.93. The summed E-state index contributed by atoms with van der Waals surface area (Å²) in [6.07, 6.45) is 1.78. The smallest absolute Gasteiger partial charge is 0.164 e. The third-order valence-corrected chi connectivity index (χ3v) is 4.00. The molecule has 0 saturated heterocycles. The fourth-order valence-corrected chi connectivity index (χ4v) is 2.93. The van der Waals surface area contributed by atoms with Crippen LogP contribution in [0.1, 0.15) is 16.8 Å². The van der Waals surface area contributed by atoms with Crippen molar-refractivity contribution in [1.82, 2.24) is 14.8 Å². The zero-order chi connectivity index (χ0) is 16.7. The van der Waals surface area contributed by atoms with Gasteiger partial charge >= 0.3 is 0 Å². The summed E-state index contributed by atoms with van der Waals surface area (Å²) in [6.45, 7) is 3.98. The van der Waals surface area contributed by atoms with Gasteiger partial charge in [0.15, 0.2) is 5.69 Å². The highest BCUT2D eigenvalue weighted by molar-refractivity contribution is 6.01. The predicted molar refractivity (Wildman–Crippen MR) is 89.1 cm³/mol. The molecule has 3 aromatic rings. The summed E-state index contributed by atoms with van der Waals surface area (Å²) in [5.74, 6) is 0.768. The van der Waals surface area contributed by atoms with Crippen LogP contribution in [0.3, 0.4) is 0 Å². The highest BCUT2D eigenvalue weighted by Crippen LogP contribution is 2.40. The Morgan fingerprint density at radius 3 is 2.65 bits per heavy atom. The molecule has 116 valence electrons. The number of fused-ring (bicyclic) bond motifs is 1. The second-order valence-corrected chi connectivity index (χ2v) is 5.48. The lowest BCUT2D eigenvalue weighted by Gasteiger charge is -2.16. The number of nitrogen functional groups attached to an aromatic ring is 1. The molecule has 1 aromatic carbocycles. The number of pyridine rings is 1. The number of benzene rings is 1. The van der Waals surface area contributed by atoms with E-state index in [1.165, 1.54) is 0 Å². The number of hydrogen-bond donors (Lipinski definition) is 1. The highest BCUT2D eigenvalue weighted by Gasteiger charge is 2.21. The van der Waals surface area contributed by atoms with Crippen LogP contribution >= 0.6 is 0 Å². The normalized spacial score (nSPS) is 10.7. The lowest BCUT2D eigenvalue weighted by atomic mass is 9.93. The summed E-state index contributed by atoms with van der Waals surface area (Å²) < 4.78 is 7.10. The maximum Gasteiger partial charge on any atom is 0.164 e. The Hall–Kier alpha value is -3.07. The van der Waals surface area contributed by atoms with Crippen molar-refractivity contribution in [2.24, 2.45) is 7.05 Å². The van der Waals surface area contributed by atoms with Crippen LogP contribution < -0.4 is 10.5 Å². The van der Waals surface area contributed by atoms with E-state index in [0.29, 0.717) is 16.7 Å². The molecule has 3 rings (SSSR count). The van der Waals surface area contributed by atoms with Crippen LogP contribution in [-0.2, 0) is 7.05 Å². The molecule has 0 aliphatic rings. The van der Waals surface area contributed by atoms with Crippen molar-refractivity contribution < 1.29 is 4.74 Å². The van der Waals surface area contributed by atoms with Crippen molar-refractivity contribution in [1.29, 1.82) is 5.26 Å². The number of ether oxygens (including phenoxy) is 1. The van der Waals surface area contributed by atoms with E-state index in [9.17, 15) is 5.26 Å². The van der Waals surface area contributed by atoms with Crippen molar-refractivity contribution >= 4 is 16.7 Å². The van der Waals surface area contributed by atoms with E-state index in [1.54, 1.807) is 18.0 Å². The highest BCUT2D eigenvalue weighted by atomic mass is 16.5. The van der Waals surface area contributed by atoms with Crippen molar-refractivity contribution in [3.8, 4) is 22.9 Å². The van der Waals surface area contributed by atoms with Crippen molar-refractivity contribution in [2.75, 3.05) is 12.8 Å². The number of nitrogens with zero attached hydrogens (tertiary/aromatic N) is 4. The van der Waals surface area contributed by atoms with Gasteiger partial charge in [0.1, 0.15) is 22.9 Å². The van der Waals surface area contributed by atoms with Crippen molar-refractivity contribution in [3.05, 3.63) is 35.2 Å². The molecule has 0 saturated carbocycles. The number of methoxy groups -OCH3 is 1. The molecular formula is C17H17N5O. The Bertz CT molecular complexity index is 965. The summed E-state index contributed by atoms with van der Waals surface area (Å²) in [6, 6.07) is 5.97. The zero-order valence-electron chi connectivity index (χ0n) is 13.5. The molecule has 0 unspecified atom stereocenters. The first-order chi connectivity index (χ1) is 11.0. The molecule has 0 spiro atoms. The molecule has 0 atom stereocenters. The zero-order valence-corrected chi connectivity index (χ0v) is 13.5. The number of anilines is 1. The van der Waals surface area contributed by atoms with Crippen LogP contribution in [-0.4, -0.2) is 21.9 Å². The van der Waals surface area contributed by atoms with Gasteiger partial charge in [-0.2, -0.15) is 10.4 Å². The predicted octanol–water partition coefficient (Wildman–Crippen LogP) is 2.71. The van der Waals surface area contributed by atoms with Crippen molar-refractivity contribution in [2.45, 2.75) is 13.8 Å². The number of nitriles is 1. The quantitative estimate of drug-likeness (QED) is 0.786. The molecule has 0 aliphatic carbocycles. The van der Waals surface area contributed by atoms with Crippen LogP contribution in [0.4, 0.5) is 5.69 Å². The first-order valence-corrected chi connectivity index (χ1v) is 7.15. The standard InChI is InChI=1S/C17H17N5O/c1-9-5-6-13(23-4)10(2)14(9)15-16(19)11(7-18)20-12-8-22(3)21-17(12)15/h5-6,8H,19H2,1-4H3. The average molecular weight is 307 g/mol. The van der Waals surface area contributed by atoms with Gasteiger partial charge in [-0.25, -0.2) is 4.98 Å². The van der Waals surface area contributed by atoms with Crippen molar-refractivity contribution in [3.63, 3.8) is 0 Å². The fraction of sp³-hybridized carbons (Fsp3) is 0.235. The van der Waals surface area contributed by atoms with Crippen LogP contribution in [0.5, 0.6) is 5.75 Å². The van der Waals surface area contributed by atoms with Gasteiger partial charge in [-0.05, 0) is 36.6 Å². The summed E-state index contributed by atoms with van der Waals surface area (Å²) in [5.41, 5.74) is 11.8. The number of aromatic nitrogens is 3. The Morgan fingerprint density at radius 2 is 2.00 bits per heavy atom. The molecule has 6 nitrogen and oxygen atoms in total. The van der Waals surface area contributed by atoms with Crippen LogP contribution in [0, 0.1) is 25.2 Å². The van der Waals surface area contributed by atoms with Crippen LogP contribution in [0.2, 0.25) is 0 Å². The second kappa shape index (κ2) is 5.29. The average Bonchev–Trinajstić information content (AvgIpc) is 2.89. The minimum absolute atomic E-state index is 0.210. The van der Waals surface area contributed by atoms with E-state index >= 15 is 0 Å². The Labute approximate surface area is 134 Å². The molecule has 2 aromatic heterocycles. The van der Waals surface area contributed by atoms with E-state index < -0.39 is 0 Å². The monoisotopic (exact) mass is 307 g/mol. The third-order valence-electron chi connectivity index (χ3n) is 4.00. The van der Waals surface area contributed by atoms with Gasteiger partial charge in [-0.15, -0.1) is 0 Å². The van der Waals surface area contributed by atoms with Gasteiger partial charge in [0.05, 0.1) is 19.0 Å². The van der Waals surface area contributed by atoms with Gasteiger partial charge in [0, 0.05) is 12.6 Å². The minimum atomic E-state index is 0.210. The molecule has 0 amide bonds. The maximum atomic E-state index is 9.35. The lowest BCUT2D eigenvalue weighted by molar-refractivity contribution is 0.412. The maximum absolute atomic E-state index is 9.35. The molecule has 23 heavy (non-hydrogen) atoms. The molecule has 0 fully saturated rings. The number of nitrogens with two attached hydrogens (primary N) is 1. The summed E-state index contributed by atoms with van der Waals surface area (Å²) in [7, 11) is 3.45. The van der Waals surface area contributed by atoms with Crippen LogP contribution in [0.15, 0.2) is 18.3 Å². The third kappa shape index (κ3) is 2.18. The van der Waals surface area contributed by atoms with Gasteiger partial charge in [0.2, 0.25) is 0 Å². The van der Waals surface area contributed by atoms with E-state index in [4.69, 9.17) is 10.5 Å². The number of aryl methyl sites for hydroxylation is 2. The lowest BCUT2D eigenvalue weighted by Crippen LogP contribution is -2.02. The molecule has 2 heterocycles. The van der Waals surface area contributed by atoms with Gasteiger partial charge in [-0.3, -0.25) is 4.68 Å².